The number of carbonyl (C=O) groups is 2. The summed E-state index contributed by atoms with van der Waals surface area (Å²) in [6.07, 6.45) is 3.08. The highest BCUT2D eigenvalue weighted by Gasteiger charge is 2.14. The van der Waals surface area contributed by atoms with Gasteiger partial charge in [-0.1, -0.05) is 0 Å². The van der Waals surface area contributed by atoms with E-state index in [0.717, 1.165) is 15.9 Å². The van der Waals surface area contributed by atoms with Gasteiger partial charge in [0.2, 0.25) is 0 Å². The van der Waals surface area contributed by atoms with Crippen molar-refractivity contribution in [2.45, 2.75) is 20.0 Å². The van der Waals surface area contributed by atoms with Crippen LogP contribution < -0.4 is 5.32 Å². The lowest BCUT2D eigenvalue weighted by Crippen LogP contribution is -2.27. The number of aromatic nitrogens is 4. The van der Waals surface area contributed by atoms with Gasteiger partial charge in [0.25, 0.3) is 5.91 Å². The molecule has 0 aliphatic heterocycles. The van der Waals surface area contributed by atoms with E-state index >= 15 is 0 Å². The second-order valence-electron chi connectivity index (χ2n) is 4.33. The molecule has 0 fully saturated rings. The molecule has 2 aromatic rings. The number of aryl methyl sites for hydroxylation is 1. The van der Waals surface area contributed by atoms with Crippen LogP contribution >= 0.6 is 0 Å². The molecule has 0 unspecified atom stereocenters. The Bertz CT molecular complexity index is 643. The number of amides is 1. The molecule has 8 heteroatoms. The highest BCUT2D eigenvalue weighted by molar-refractivity contribution is 5.92. The van der Waals surface area contributed by atoms with Gasteiger partial charge in [-0.3, -0.25) is 14.3 Å². The average Bonchev–Trinajstić information content (AvgIpc) is 2.96. The van der Waals surface area contributed by atoms with Gasteiger partial charge >= 0.3 is 5.97 Å². The lowest BCUT2D eigenvalue weighted by molar-refractivity contribution is -0.137. The monoisotopic (exact) mass is 277 g/mol. The molecule has 0 aliphatic rings. The maximum Gasteiger partial charge on any atom is 0.325 e. The molecule has 106 valence electrons. The Morgan fingerprint density at radius 2 is 2.15 bits per heavy atom. The van der Waals surface area contributed by atoms with E-state index in [0.29, 0.717) is 6.54 Å². The summed E-state index contributed by atoms with van der Waals surface area (Å²) in [5, 5.41) is 19.4. The third kappa shape index (κ3) is 2.85. The summed E-state index contributed by atoms with van der Waals surface area (Å²) in [7, 11) is 1.82. The zero-order valence-electron chi connectivity index (χ0n) is 11.2. The van der Waals surface area contributed by atoms with E-state index < -0.39 is 5.97 Å². The zero-order chi connectivity index (χ0) is 14.7. The number of rotatable bonds is 5. The number of aliphatic carboxylic acids is 1. The van der Waals surface area contributed by atoms with Crippen molar-refractivity contribution in [1.82, 2.24) is 24.9 Å². The Balaban J connectivity index is 2.04. The van der Waals surface area contributed by atoms with E-state index in [4.69, 9.17) is 5.11 Å². The van der Waals surface area contributed by atoms with E-state index in [1.807, 2.05) is 14.0 Å². The van der Waals surface area contributed by atoms with Crippen molar-refractivity contribution in [2.24, 2.45) is 7.05 Å². The van der Waals surface area contributed by atoms with Crippen molar-refractivity contribution < 1.29 is 14.7 Å². The second kappa shape index (κ2) is 5.55. The van der Waals surface area contributed by atoms with Crippen LogP contribution in [0.1, 0.15) is 21.7 Å². The van der Waals surface area contributed by atoms with Crippen molar-refractivity contribution >= 4 is 11.9 Å². The number of carbonyl (C=O) groups excluding carboxylic acids is 1. The van der Waals surface area contributed by atoms with Crippen molar-refractivity contribution in [2.75, 3.05) is 0 Å². The van der Waals surface area contributed by atoms with Gasteiger partial charge in [0, 0.05) is 31.0 Å². The lowest BCUT2D eigenvalue weighted by atomic mass is 10.2. The summed E-state index contributed by atoms with van der Waals surface area (Å²) in [5.74, 6) is -1.42. The first-order valence-corrected chi connectivity index (χ1v) is 5.98. The largest absolute Gasteiger partial charge is 0.480 e. The molecule has 2 N–H and O–H groups in total. The zero-order valence-corrected chi connectivity index (χ0v) is 11.2. The van der Waals surface area contributed by atoms with Crippen LogP contribution in [0.3, 0.4) is 0 Å². The van der Waals surface area contributed by atoms with Crippen molar-refractivity contribution in [3.8, 4) is 0 Å². The number of carboxylic acids is 1. The van der Waals surface area contributed by atoms with Gasteiger partial charge in [-0.15, -0.1) is 0 Å². The standard InChI is InChI=1S/C12H15N5O3/c1-8-9(6-15-16(8)2)5-13-12(20)10-3-4-14-17(10)7-11(18)19/h3-4,6H,5,7H2,1-2H3,(H,13,20)(H,18,19). The summed E-state index contributed by atoms with van der Waals surface area (Å²) in [5.41, 5.74) is 2.09. The fourth-order valence-corrected chi connectivity index (χ4v) is 1.76. The molecule has 20 heavy (non-hydrogen) atoms. The highest BCUT2D eigenvalue weighted by atomic mass is 16.4. The first kappa shape index (κ1) is 13.8. The number of hydrogen-bond acceptors (Lipinski definition) is 4. The molecule has 2 aromatic heterocycles. The predicted molar refractivity (Wildman–Crippen MR) is 69.0 cm³/mol. The molecular formula is C12H15N5O3. The van der Waals surface area contributed by atoms with E-state index in [2.05, 4.69) is 15.5 Å². The number of hydrogen-bond donors (Lipinski definition) is 2. The van der Waals surface area contributed by atoms with Crippen molar-refractivity contribution in [1.29, 1.82) is 0 Å². The average molecular weight is 277 g/mol. The smallest absolute Gasteiger partial charge is 0.325 e. The first-order chi connectivity index (χ1) is 9.49. The van der Waals surface area contributed by atoms with Gasteiger partial charge in [0.05, 0.1) is 6.20 Å². The molecule has 0 spiro atoms. The summed E-state index contributed by atoms with van der Waals surface area (Å²) in [6, 6.07) is 1.48. The van der Waals surface area contributed by atoms with Crippen LogP contribution in [-0.4, -0.2) is 36.5 Å². The van der Waals surface area contributed by atoms with Crippen LogP contribution in [0.4, 0.5) is 0 Å². The Hall–Kier alpha value is -2.64. The van der Waals surface area contributed by atoms with Crippen molar-refractivity contribution in [3.05, 3.63) is 35.4 Å². The van der Waals surface area contributed by atoms with Crippen molar-refractivity contribution in [3.63, 3.8) is 0 Å². The molecule has 0 atom stereocenters. The van der Waals surface area contributed by atoms with Crippen LogP contribution in [0.5, 0.6) is 0 Å². The van der Waals surface area contributed by atoms with Gasteiger partial charge in [-0.25, -0.2) is 4.68 Å². The van der Waals surface area contributed by atoms with E-state index in [-0.39, 0.29) is 18.1 Å². The lowest BCUT2D eigenvalue weighted by Gasteiger charge is -2.06. The minimum absolute atomic E-state index is 0.217. The molecule has 0 aromatic carbocycles. The maximum atomic E-state index is 12.0. The van der Waals surface area contributed by atoms with E-state index in [9.17, 15) is 9.59 Å². The van der Waals surface area contributed by atoms with Crippen LogP contribution in [0.25, 0.3) is 0 Å². The SMILES string of the molecule is Cc1c(CNC(=O)c2ccnn2CC(=O)O)cnn1C. The Morgan fingerprint density at radius 3 is 2.75 bits per heavy atom. The van der Waals surface area contributed by atoms with Gasteiger partial charge in [-0.05, 0) is 13.0 Å². The number of nitrogens with zero attached hydrogens (tertiary/aromatic N) is 4. The minimum atomic E-state index is -1.05. The molecule has 1 amide bonds. The normalized spacial score (nSPS) is 10.5. The van der Waals surface area contributed by atoms with Gasteiger partial charge in [-0.2, -0.15) is 10.2 Å². The van der Waals surface area contributed by atoms with E-state index in [1.165, 1.54) is 12.3 Å². The second-order valence-corrected chi connectivity index (χ2v) is 4.33. The molecule has 0 bridgehead atoms. The third-order valence-corrected chi connectivity index (χ3v) is 3.01. The fraction of sp³-hybridized carbons (Fsp3) is 0.333. The predicted octanol–water partition coefficient (Wildman–Crippen LogP) is -0.0604. The van der Waals surface area contributed by atoms with Crippen LogP contribution in [-0.2, 0) is 24.9 Å². The van der Waals surface area contributed by atoms with Crippen LogP contribution in [0.2, 0.25) is 0 Å². The molecule has 0 aliphatic carbocycles. The highest BCUT2D eigenvalue weighted by Crippen LogP contribution is 2.06. The quantitative estimate of drug-likeness (QED) is 0.797. The first-order valence-electron chi connectivity index (χ1n) is 5.98. The molecule has 0 saturated heterocycles. The minimum Gasteiger partial charge on any atom is -0.480 e. The summed E-state index contributed by atoms with van der Waals surface area (Å²) >= 11 is 0. The molecule has 2 heterocycles. The van der Waals surface area contributed by atoms with Crippen LogP contribution in [0, 0.1) is 6.92 Å². The number of nitrogens with one attached hydrogen (secondary N) is 1. The van der Waals surface area contributed by atoms with Gasteiger partial charge in [0.1, 0.15) is 12.2 Å². The summed E-state index contributed by atoms with van der Waals surface area (Å²) in [4.78, 5) is 22.7. The topological polar surface area (TPSA) is 102 Å². The van der Waals surface area contributed by atoms with Gasteiger partial charge < -0.3 is 10.4 Å². The molecule has 2 rings (SSSR count). The Labute approximate surface area is 115 Å². The Morgan fingerprint density at radius 1 is 1.40 bits per heavy atom. The number of carboxylic acid groups (broad SMARTS) is 1. The van der Waals surface area contributed by atoms with Gasteiger partial charge in [0.15, 0.2) is 0 Å². The Kier molecular flexibility index (Phi) is 3.83. The summed E-state index contributed by atoms with van der Waals surface area (Å²) in [6.45, 7) is 1.89. The molecule has 0 saturated carbocycles. The molecule has 0 radical (unpaired) electrons. The summed E-state index contributed by atoms with van der Waals surface area (Å²) < 4.78 is 2.87. The third-order valence-electron chi connectivity index (χ3n) is 3.01. The van der Waals surface area contributed by atoms with Crippen LogP contribution in [0.15, 0.2) is 18.5 Å². The molecular weight excluding hydrogens is 262 g/mol. The maximum absolute atomic E-state index is 12.0. The van der Waals surface area contributed by atoms with E-state index in [1.54, 1.807) is 10.9 Å². The fourth-order valence-electron chi connectivity index (χ4n) is 1.76. The molecule has 8 nitrogen and oxygen atoms in total.